The number of rotatable bonds is 8. The van der Waals surface area contributed by atoms with Gasteiger partial charge in [0.15, 0.2) is 0 Å². The van der Waals surface area contributed by atoms with Crippen molar-refractivity contribution in [2.75, 3.05) is 13.2 Å². The zero-order chi connectivity index (χ0) is 14.8. The molecule has 0 aromatic heterocycles. The van der Waals surface area contributed by atoms with Crippen molar-refractivity contribution in [3.05, 3.63) is 0 Å². The average Bonchev–Trinajstić information content (AvgIpc) is 2.91. The fraction of sp³-hybridized carbons (Fsp3) is 0.944. The van der Waals surface area contributed by atoms with Crippen LogP contribution < -0.4 is 5.32 Å². The zero-order valence-corrected chi connectivity index (χ0v) is 13.6. The molecule has 0 saturated heterocycles. The molecule has 0 bridgehead atoms. The highest BCUT2D eigenvalue weighted by Gasteiger charge is 2.21. The van der Waals surface area contributed by atoms with Crippen LogP contribution in [0, 0.1) is 5.92 Å². The predicted octanol–water partition coefficient (Wildman–Crippen LogP) is 4.20. The van der Waals surface area contributed by atoms with Gasteiger partial charge >= 0.3 is 0 Å². The standard InChI is InChI=1S/C18H33NO2/c20-18(16-10-6-7-11-16)19-14-8-3-9-15-21-17-12-4-1-2-5-13-17/h16-17H,1-15H2,(H,19,20). The molecule has 0 unspecified atom stereocenters. The minimum atomic E-state index is 0.294. The van der Waals surface area contributed by atoms with E-state index in [1.54, 1.807) is 0 Å². The van der Waals surface area contributed by atoms with E-state index in [2.05, 4.69) is 5.32 Å². The van der Waals surface area contributed by atoms with Crippen molar-refractivity contribution in [1.29, 1.82) is 0 Å². The molecule has 2 rings (SSSR count). The van der Waals surface area contributed by atoms with Gasteiger partial charge in [0.25, 0.3) is 0 Å². The van der Waals surface area contributed by atoms with E-state index in [-0.39, 0.29) is 0 Å². The van der Waals surface area contributed by atoms with E-state index in [1.165, 1.54) is 51.4 Å². The number of amides is 1. The Hall–Kier alpha value is -0.570. The van der Waals surface area contributed by atoms with E-state index >= 15 is 0 Å². The van der Waals surface area contributed by atoms with E-state index in [4.69, 9.17) is 4.74 Å². The smallest absolute Gasteiger partial charge is 0.223 e. The third-order valence-electron chi connectivity index (χ3n) is 5.00. The first-order valence-electron chi connectivity index (χ1n) is 9.25. The molecule has 2 aliphatic carbocycles. The van der Waals surface area contributed by atoms with Crippen LogP contribution in [0.5, 0.6) is 0 Å². The first-order valence-corrected chi connectivity index (χ1v) is 9.25. The van der Waals surface area contributed by atoms with Crippen LogP contribution in [0.1, 0.15) is 83.5 Å². The molecule has 0 aromatic rings. The summed E-state index contributed by atoms with van der Waals surface area (Å²) in [7, 11) is 0. The Morgan fingerprint density at radius 1 is 0.857 bits per heavy atom. The number of carbonyl (C=O) groups is 1. The maximum absolute atomic E-state index is 11.8. The third kappa shape index (κ3) is 6.82. The van der Waals surface area contributed by atoms with Crippen LogP contribution in [-0.2, 0) is 9.53 Å². The van der Waals surface area contributed by atoms with Gasteiger partial charge in [-0.15, -0.1) is 0 Å². The molecule has 3 nitrogen and oxygen atoms in total. The zero-order valence-electron chi connectivity index (χ0n) is 13.6. The minimum absolute atomic E-state index is 0.294. The van der Waals surface area contributed by atoms with Gasteiger partial charge in [-0.1, -0.05) is 38.5 Å². The Morgan fingerprint density at radius 3 is 2.24 bits per heavy atom. The normalized spacial score (nSPS) is 21.3. The van der Waals surface area contributed by atoms with E-state index in [0.717, 1.165) is 45.3 Å². The lowest BCUT2D eigenvalue weighted by Gasteiger charge is -2.15. The van der Waals surface area contributed by atoms with E-state index in [9.17, 15) is 4.79 Å². The van der Waals surface area contributed by atoms with Crippen LogP contribution in [0.4, 0.5) is 0 Å². The van der Waals surface area contributed by atoms with Crippen molar-refractivity contribution < 1.29 is 9.53 Å². The molecule has 0 heterocycles. The van der Waals surface area contributed by atoms with Crippen molar-refractivity contribution in [2.24, 2.45) is 5.92 Å². The minimum Gasteiger partial charge on any atom is -0.378 e. The SMILES string of the molecule is O=C(NCCCCCOC1CCCCCC1)C1CCCC1. The second-order valence-electron chi connectivity index (χ2n) is 6.82. The molecule has 1 N–H and O–H groups in total. The molecule has 21 heavy (non-hydrogen) atoms. The summed E-state index contributed by atoms with van der Waals surface area (Å²) in [5.41, 5.74) is 0. The number of nitrogens with one attached hydrogen (secondary N) is 1. The van der Waals surface area contributed by atoms with Crippen LogP contribution in [0.3, 0.4) is 0 Å². The van der Waals surface area contributed by atoms with Crippen molar-refractivity contribution in [3.8, 4) is 0 Å². The fourth-order valence-electron chi connectivity index (χ4n) is 3.61. The van der Waals surface area contributed by atoms with E-state index in [0.29, 0.717) is 17.9 Å². The number of hydrogen-bond donors (Lipinski definition) is 1. The Morgan fingerprint density at radius 2 is 1.52 bits per heavy atom. The maximum atomic E-state index is 11.8. The summed E-state index contributed by atoms with van der Waals surface area (Å²) in [6.07, 6.45) is 16.6. The molecule has 0 radical (unpaired) electrons. The average molecular weight is 295 g/mol. The molecule has 0 atom stereocenters. The first-order chi connectivity index (χ1) is 10.4. The largest absolute Gasteiger partial charge is 0.378 e. The van der Waals surface area contributed by atoms with E-state index < -0.39 is 0 Å². The van der Waals surface area contributed by atoms with Crippen molar-refractivity contribution in [2.45, 2.75) is 89.6 Å². The molecule has 2 aliphatic rings. The highest BCUT2D eigenvalue weighted by atomic mass is 16.5. The maximum Gasteiger partial charge on any atom is 0.223 e. The van der Waals surface area contributed by atoms with Crippen LogP contribution in [0.2, 0.25) is 0 Å². The van der Waals surface area contributed by atoms with Crippen LogP contribution >= 0.6 is 0 Å². The molecule has 2 fully saturated rings. The van der Waals surface area contributed by atoms with Crippen molar-refractivity contribution >= 4 is 5.91 Å². The fourth-order valence-corrected chi connectivity index (χ4v) is 3.61. The van der Waals surface area contributed by atoms with Gasteiger partial charge in [-0.25, -0.2) is 0 Å². The number of carbonyl (C=O) groups excluding carboxylic acids is 1. The number of ether oxygens (including phenoxy) is 1. The van der Waals surface area contributed by atoms with Gasteiger partial charge in [0.1, 0.15) is 0 Å². The highest BCUT2D eigenvalue weighted by molar-refractivity contribution is 5.78. The van der Waals surface area contributed by atoms with Crippen molar-refractivity contribution in [3.63, 3.8) is 0 Å². The van der Waals surface area contributed by atoms with Gasteiger partial charge in [0.05, 0.1) is 6.10 Å². The number of hydrogen-bond acceptors (Lipinski definition) is 2. The predicted molar refractivity (Wildman–Crippen MR) is 86.3 cm³/mol. The number of unbranched alkanes of at least 4 members (excludes halogenated alkanes) is 2. The van der Waals surface area contributed by atoms with Crippen molar-refractivity contribution in [1.82, 2.24) is 5.32 Å². The summed E-state index contributed by atoms with van der Waals surface area (Å²) >= 11 is 0. The summed E-state index contributed by atoms with van der Waals surface area (Å²) in [6.45, 7) is 1.75. The highest BCUT2D eigenvalue weighted by Crippen LogP contribution is 2.24. The lowest BCUT2D eigenvalue weighted by Crippen LogP contribution is -2.30. The molecular weight excluding hydrogens is 262 g/mol. The van der Waals surface area contributed by atoms with Crippen LogP contribution in [0.15, 0.2) is 0 Å². The molecule has 2 saturated carbocycles. The molecule has 3 heteroatoms. The Balaban J connectivity index is 1.40. The quantitative estimate of drug-likeness (QED) is 0.538. The van der Waals surface area contributed by atoms with Crippen LogP contribution in [-0.4, -0.2) is 25.2 Å². The second kappa shape index (κ2) is 10.2. The molecule has 1 amide bonds. The van der Waals surface area contributed by atoms with Gasteiger partial charge in [0.2, 0.25) is 5.91 Å². The Labute approximate surface area is 130 Å². The molecule has 122 valence electrons. The van der Waals surface area contributed by atoms with Crippen LogP contribution in [0.25, 0.3) is 0 Å². The summed E-state index contributed by atoms with van der Waals surface area (Å²) in [4.78, 5) is 11.8. The van der Waals surface area contributed by atoms with Gasteiger partial charge in [0, 0.05) is 19.1 Å². The lowest BCUT2D eigenvalue weighted by molar-refractivity contribution is -0.124. The molecular formula is C18H33NO2. The summed E-state index contributed by atoms with van der Waals surface area (Å²) in [6, 6.07) is 0. The monoisotopic (exact) mass is 295 g/mol. The molecule has 0 spiro atoms. The van der Waals surface area contributed by atoms with Gasteiger partial charge < -0.3 is 10.1 Å². The first kappa shape index (κ1) is 16.8. The third-order valence-corrected chi connectivity index (χ3v) is 5.00. The molecule has 0 aliphatic heterocycles. The summed E-state index contributed by atoms with van der Waals surface area (Å²) in [5, 5.41) is 3.09. The van der Waals surface area contributed by atoms with Gasteiger partial charge in [-0.3, -0.25) is 4.79 Å². The summed E-state index contributed by atoms with van der Waals surface area (Å²) in [5.74, 6) is 0.603. The van der Waals surface area contributed by atoms with Gasteiger partial charge in [-0.2, -0.15) is 0 Å². The van der Waals surface area contributed by atoms with Gasteiger partial charge in [-0.05, 0) is 44.9 Å². The lowest BCUT2D eigenvalue weighted by atomic mass is 10.1. The topological polar surface area (TPSA) is 38.3 Å². The van der Waals surface area contributed by atoms with E-state index in [1.807, 2.05) is 0 Å². The second-order valence-corrected chi connectivity index (χ2v) is 6.82. The summed E-state index contributed by atoms with van der Waals surface area (Å²) < 4.78 is 5.98. The Bertz CT molecular complexity index is 279. The Kier molecular flexibility index (Phi) is 8.16. The molecule has 0 aromatic carbocycles.